The van der Waals surface area contributed by atoms with E-state index in [9.17, 15) is 24.3 Å². The van der Waals surface area contributed by atoms with Gasteiger partial charge in [0.15, 0.2) is 0 Å². The molecule has 0 saturated carbocycles. The number of carbonyl (C=O) groups excluding carboxylic acids is 4. The topological polar surface area (TPSA) is 214 Å². The summed E-state index contributed by atoms with van der Waals surface area (Å²) in [6, 6.07) is -2.00. The minimum atomic E-state index is -1.13. The van der Waals surface area contributed by atoms with Crippen LogP contribution in [0.4, 0.5) is 0 Å². The lowest BCUT2D eigenvalue weighted by molar-refractivity contribution is -0.365. The van der Waals surface area contributed by atoms with Crippen LogP contribution in [0.5, 0.6) is 0 Å². The first-order valence-electron chi connectivity index (χ1n) is 26.2. The number of amides is 4. The Morgan fingerprint density at radius 2 is 1.12 bits per heavy atom. The van der Waals surface area contributed by atoms with Crippen molar-refractivity contribution in [3.8, 4) is 0 Å². The van der Waals surface area contributed by atoms with Gasteiger partial charge in [-0.15, -0.1) is 0 Å². The van der Waals surface area contributed by atoms with Gasteiger partial charge in [-0.05, 0) is 43.8 Å². The van der Waals surface area contributed by atoms with E-state index in [-0.39, 0.29) is 31.6 Å². The van der Waals surface area contributed by atoms with E-state index in [2.05, 4.69) is 36.7 Å². The van der Waals surface area contributed by atoms with Gasteiger partial charge in [-0.2, -0.15) is 11.8 Å². The first kappa shape index (κ1) is 63.0. The van der Waals surface area contributed by atoms with Crippen LogP contribution in [0.1, 0.15) is 220 Å². The first-order valence-corrected chi connectivity index (χ1v) is 27.4. The third kappa shape index (κ3) is 44.3. The van der Waals surface area contributed by atoms with Crippen LogP contribution in [0.25, 0.3) is 0 Å². The highest BCUT2D eigenvalue weighted by atomic mass is 32.2. The molecule has 15 heteroatoms. The molecule has 65 heavy (non-hydrogen) atoms. The van der Waals surface area contributed by atoms with Gasteiger partial charge in [0.1, 0.15) is 18.8 Å². The third-order valence-electron chi connectivity index (χ3n) is 11.6. The fourth-order valence-corrected chi connectivity index (χ4v) is 8.36. The SMILES string of the molecule is CCCCCCCCCCCCCCCCOOCC(CSCCC(N)C(=O)NC(CO)C(=O)NCCCCCC(=O)NCC(N)=O)OOCC(C)CCCCCCCCCCCCC. The summed E-state index contributed by atoms with van der Waals surface area (Å²) in [5.41, 5.74) is 11.2. The molecule has 0 aliphatic rings. The fourth-order valence-electron chi connectivity index (χ4n) is 7.36. The average molecular weight is 946 g/mol. The number of unbranched alkanes of at least 4 members (excludes halogenated alkanes) is 25. The number of hydrogen-bond acceptors (Lipinski definition) is 11. The van der Waals surface area contributed by atoms with Crippen molar-refractivity contribution in [1.29, 1.82) is 0 Å². The summed E-state index contributed by atoms with van der Waals surface area (Å²) in [6.07, 6.45) is 36.0. The number of rotatable bonds is 51. The highest BCUT2D eigenvalue weighted by molar-refractivity contribution is 7.99. The molecule has 0 bridgehead atoms. The summed E-state index contributed by atoms with van der Waals surface area (Å²) in [5.74, 6) is -0.424. The minimum Gasteiger partial charge on any atom is -0.394 e. The summed E-state index contributed by atoms with van der Waals surface area (Å²) in [6.45, 7) is 7.52. The number of hydrogen-bond donors (Lipinski definition) is 6. The van der Waals surface area contributed by atoms with E-state index in [0.29, 0.717) is 62.9 Å². The second-order valence-corrected chi connectivity index (χ2v) is 19.3. The zero-order valence-electron chi connectivity index (χ0n) is 41.7. The molecule has 4 unspecified atom stereocenters. The predicted molar refractivity (Wildman–Crippen MR) is 266 cm³/mol. The predicted octanol–water partition coefficient (Wildman–Crippen LogP) is 9.28. The van der Waals surface area contributed by atoms with Crippen molar-refractivity contribution in [1.82, 2.24) is 16.0 Å². The number of primary amides is 1. The van der Waals surface area contributed by atoms with Gasteiger partial charge in [-0.1, -0.05) is 181 Å². The van der Waals surface area contributed by atoms with E-state index < -0.39 is 36.4 Å². The van der Waals surface area contributed by atoms with Crippen molar-refractivity contribution in [3.05, 3.63) is 0 Å². The monoisotopic (exact) mass is 946 g/mol. The van der Waals surface area contributed by atoms with Gasteiger partial charge < -0.3 is 32.5 Å². The highest BCUT2D eigenvalue weighted by Gasteiger charge is 2.23. The van der Waals surface area contributed by atoms with Crippen LogP contribution >= 0.6 is 11.8 Å². The Morgan fingerprint density at radius 3 is 1.66 bits per heavy atom. The first-order chi connectivity index (χ1) is 31.6. The van der Waals surface area contributed by atoms with Crippen molar-refractivity contribution >= 4 is 35.4 Å². The zero-order chi connectivity index (χ0) is 47.9. The van der Waals surface area contributed by atoms with Gasteiger partial charge in [0.2, 0.25) is 23.6 Å². The van der Waals surface area contributed by atoms with Crippen LogP contribution in [0.2, 0.25) is 0 Å². The van der Waals surface area contributed by atoms with Crippen LogP contribution in [0.15, 0.2) is 0 Å². The lowest BCUT2D eigenvalue weighted by Crippen LogP contribution is -2.53. The molecule has 4 atom stereocenters. The maximum atomic E-state index is 12.8. The van der Waals surface area contributed by atoms with Crippen LogP contribution in [0.3, 0.4) is 0 Å². The molecular formula is C50H99N5O9S. The summed E-state index contributed by atoms with van der Waals surface area (Å²) in [4.78, 5) is 70.5. The average Bonchev–Trinajstić information content (AvgIpc) is 3.29. The van der Waals surface area contributed by atoms with Gasteiger partial charge in [-0.3, -0.25) is 19.2 Å². The maximum absolute atomic E-state index is 12.8. The second kappa shape index (κ2) is 48.4. The van der Waals surface area contributed by atoms with Crippen LogP contribution < -0.4 is 27.4 Å². The Bertz CT molecular complexity index is 1110. The molecule has 8 N–H and O–H groups in total. The smallest absolute Gasteiger partial charge is 0.244 e. The number of aliphatic hydroxyl groups is 1. The summed E-state index contributed by atoms with van der Waals surface area (Å²) >= 11 is 1.56. The van der Waals surface area contributed by atoms with Crippen LogP contribution in [-0.2, 0) is 38.7 Å². The van der Waals surface area contributed by atoms with Crippen molar-refractivity contribution in [3.63, 3.8) is 0 Å². The molecular weight excluding hydrogens is 847 g/mol. The van der Waals surface area contributed by atoms with Crippen molar-refractivity contribution in [2.75, 3.05) is 51.0 Å². The normalized spacial score (nSPS) is 13.3. The second-order valence-electron chi connectivity index (χ2n) is 18.2. The lowest BCUT2D eigenvalue weighted by Gasteiger charge is -2.20. The van der Waals surface area contributed by atoms with Gasteiger partial charge in [-0.25, -0.2) is 19.6 Å². The Kier molecular flexibility index (Phi) is 46.9. The molecule has 0 heterocycles. The molecule has 0 aromatic heterocycles. The Morgan fingerprint density at radius 1 is 0.600 bits per heavy atom. The van der Waals surface area contributed by atoms with E-state index in [1.807, 2.05) is 0 Å². The highest BCUT2D eigenvalue weighted by Crippen LogP contribution is 2.17. The molecule has 0 saturated heterocycles. The van der Waals surface area contributed by atoms with Crippen LogP contribution in [-0.4, -0.2) is 97.9 Å². The molecule has 0 spiro atoms. The largest absolute Gasteiger partial charge is 0.394 e. The molecule has 4 amide bonds. The van der Waals surface area contributed by atoms with Gasteiger partial charge in [0.05, 0.1) is 32.4 Å². The molecule has 0 aliphatic carbocycles. The van der Waals surface area contributed by atoms with Gasteiger partial charge >= 0.3 is 0 Å². The molecule has 384 valence electrons. The van der Waals surface area contributed by atoms with E-state index in [1.165, 1.54) is 148 Å². The van der Waals surface area contributed by atoms with Gasteiger partial charge in [0, 0.05) is 18.7 Å². The van der Waals surface area contributed by atoms with Crippen LogP contribution in [0, 0.1) is 5.92 Å². The number of thioether (sulfide) groups is 1. The summed E-state index contributed by atoms with van der Waals surface area (Å²) in [5, 5.41) is 17.5. The number of carbonyl (C=O) groups is 4. The Hall–Kier alpha value is -2.01. The summed E-state index contributed by atoms with van der Waals surface area (Å²) in [7, 11) is 0. The van der Waals surface area contributed by atoms with Crippen molar-refractivity contribution < 1.29 is 43.8 Å². The number of aliphatic hydroxyl groups excluding tert-OH is 1. The maximum Gasteiger partial charge on any atom is 0.244 e. The molecule has 0 rings (SSSR count). The van der Waals surface area contributed by atoms with Crippen molar-refractivity contribution in [2.24, 2.45) is 17.4 Å². The third-order valence-corrected chi connectivity index (χ3v) is 12.8. The molecule has 0 aliphatic heterocycles. The minimum absolute atomic E-state index is 0.194. The lowest BCUT2D eigenvalue weighted by atomic mass is 10.0. The van der Waals surface area contributed by atoms with E-state index in [1.54, 1.807) is 11.8 Å². The molecule has 0 aromatic carbocycles. The quantitative estimate of drug-likeness (QED) is 0.0192. The Balaban J connectivity index is 4.53. The van der Waals surface area contributed by atoms with Crippen molar-refractivity contribution in [2.45, 2.75) is 238 Å². The molecule has 0 aromatic rings. The standard InChI is InChI=1S/C50H99N5O9S/c1-4-6-8-10-12-14-16-17-18-20-22-24-26-31-36-61-62-41-44(64-63-40-43(3)32-28-25-23-21-19-15-13-11-9-7-5-2)42-65-37-34-45(51)49(59)55-46(39-56)50(60)53-35-30-27-29-33-48(58)54-38-47(52)57/h43-46,56H,4-42,51H2,1-3H3,(H2,52,57)(H,53,60)(H,54,58)(H,55,59). The molecule has 14 nitrogen and oxygen atoms in total. The van der Waals surface area contributed by atoms with E-state index >= 15 is 0 Å². The number of nitrogens with one attached hydrogen (secondary N) is 3. The van der Waals surface area contributed by atoms with Gasteiger partial charge in [0.25, 0.3) is 0 Å². The number of nitrogens with two attached hydrogens (primary N) is 2. The Labute approximate surface area is 400 Å². The molecule has 0 fully saturated rings. The van der Waals surface area contributed by atoms with E-state index in [4.69, 9.17) is 31.0 Å². The fraction of sp³-hybridized carbons (Fsp3) is 0.920. The molecule has 0 radical (unpaired) electrons. The zero-order valence-corrected chi connectivity index (χ0v) is 42.5. The van der Waals surface area contributed by atoms with E-state index in [0.717, 1.165) is 19.3 Å². The summed E-state index contributed by atoms with van der Waals surface area (Å²) < 4.78 is 0.